The number of carbonyl (C=O) groups is 1. The van der Waals surface area contributed by atoms with Gasteiger partial charge in [-0.3, -0.25) is 4.79 Å². The third kappa shape index (κ3) is 3.03. The van der Waals surface area contributed by atoms with Crippen LogP contribution in [-0.4, -0.2) is 23.7 Å². The molecular weight excluding hydrogens is 166 g/mol. The lowest BCUT2D eigenvalue weighted by atomic mass is 10.0. The lowest BCUT2D eigenvalue weighted by molar-refractivity contribution is -0.119. The highest BCUT2D eigenvalue weighted by atomic mass is 16.3. The van der Waals surface area contributed by atoms with Gasteiger partial charge < -0.3 is 10.4 Å². The molecule has 13 heavy (non-hydrogen) atoms. The Kier molecular flexibility index (Phi) is 3.71. The average Bonchev–Trinajstić information content (AvgIpc) is 2.15. The summed E-state index contributed by atoms with van der Waals surface area (Å²) < 4.78 is 0. The molecule has 0 fully saturated rings. The van der Waals surface area contributed by atoms with E-state index in [-0.39, 0.29) is 18.6 Å². The van der Waals surface area contributed by atoms with E-state index in [2.05, 4.69) is 17.5 Å². The zero-order valence-corrected chi connectivity index (χ0v) is 7.79. The second kappa shape index (κ2) is 4.82. The molecule has 0 aromatic carbocycles. The summed E-state index contributed by atoms with van der Waals surface area (Å²) in [5.41, 5.74) is 1.00. The Labute approximate surface area is 78.1 Å². The summed E-state index contributed by atoms with van der Waals surface area (Å²) in [6, 6.07) is -0.242. The van der Waals surface area contributed by atoms with E-state index >= 15 is 0 Å². The van der Waals surface area contributed by atoms with Gasteiger partial charge in [0, 0.05) is 6.92 Å². The van der Waals surface area contributed by atoms with Crippen molar-refractivity contribution in [2.45, 2.75) is 25.8 Å². The van der Waals surface area contributed by atoms with E-state index in [0.29, 0.717) is 0 Å². The zero-order chi connectivity index (χ0) is 9.68. The number of allylic oxidation sites excluding steroid dienone is 2. The number of carbonyl (C=O) groups excluding carboxylic acids is 1. The van der Waals surface area contributed by atoms with Crippen LogP contribution in [0.4, 0.5) is 0 Å². The average molecular weight is 181 g/mol. The van der Waals surface area contributed by atoms with Crippen molar-refractivity contribution < 1.29 is 9.90 Å². The maximum absolute atomic E-state index is 10.8. The van der Waals surface area contributed by atoms with E-state index in [1.165, 1.54) is 6.92 Å². The van der Waals surface area contributed by atoms with Crippen molar-refractivity contribution >= 4 is 5.91 Å². The number of nitrogens with one attached hydrogen (secondary N) is 1. The van der Waals surface area contributed by atoms with Gasteiger partial charge in [-0.25, -0.2) is 0 Å². The van der Waals surface area contributed by atoms with Crippen LogP contribution >= 0.6 is 0 Å². The lowest BCUT2D eigenvalue weighted by Gasteiger charge is -2.18. The molecule has 1 aliphatic rings. The van der Waals surface area contributed by atoms with E-state index in [4.69, 9.17) is 5.11 Å². The van der Waals surface area contributed by atoms with Gasteiger partial charge >= 0.3 is 0 Å². The molecule has 0 heterocycles. The van der Waals surface area contributed by atoms with E-state index in [1.807, 2.05) is 6.08 Å². The Morgan fingerprint density at radius 1 is 1.69 bits per heavy atom. The molecular formula is C10H15NO2. The summed E-state index contributed by atoms with van der Waals surface area (Å²) in [5.74, 6) is -0.112. The molecule has 3 heteroatoms. The number of amides is 1. The number of aliphatic hydroxyl groups excluding tert-OH is 1. The van der Waals surface area contributed by atoms with Gasteiger partial charge in [0.05, 0.1) is 12.6 Å². The van der Waals surface area contributed by atoms with Crippen molar-refractivity contribution in [2.24, 2.45) is 0 Å². The Morgan fingerprint density at radius 2 is 2.46 bits per heavy atom. The van der Waals surface area contributed by atoms with E-state index in [1.54, 1.807) is 0 Å². The SMILES string of the molecule is CC(=O)NC(CO)C1=CCCC=C1. The number of aliphatic hydroxyl groups is 1. The molecule has 0 aliphatic heterocycles. The van der Waals surface area contributed by atoms with Crippen LogP contribution in [0.1, 0.15) is 19.8 Å². The van der Waals surface area contributed by atoms with Gasteiger partial charge in [-0.1, -0.05) is 18.2 Å². The molecule has 1 amide bonds. The molecule has 2 N–H and O–H groups in total. The molecule has 0 saturated heterocycles. The first kappa shape index (κ1) is 9.99. The van der Waals surface area contributed by atoms with Crippen LogP contribution in [0.5, 0.6) is 0 Å². The smallest absolute Gasteiger partial charge is 0.217 e. The van der Waals surface area contributed by atoms with Crippen LogP contribution in [0.15, 0.2) is 23.8 Å². The number of hydrogen-bond acceptors (Lipinski definition) is 2. The molecule has 1 aliphatic carbocycles. The highest BCUT2D eigenvalue weighted by Gasteiger charge is 2.12. The predicted molar refractivity (Wildman–Crippen MR) is 51.1 cm³/mol. The fourth-order valence-electron chi connectivity index (χ4n) is 1.37. The van der Waals surface area contributed by atoms with Crippen LogP contribution in [-0.2, 0) is 4.79 Å². The highest BCUT2D eigenvalue weighted by Crippen LogP contribution is 2.13. The zero-order valence-electron chi connectivity index (χ0n) is 7.79. The number of hydrogen-bond donors (Lipinski definition) is 2. The lowest BCUT2D eigenvalue weighted by Crippen LogP contribution is -2.37. The van der Waals surface area contributed by atoms with Crippen molar-refractivity contribution in [3.05, 3.63) is 23.8 Å². The third-order valence-corrected chi connectivity index (χ3v) is 1.99. The Bertz CT molecular complexity index is 243. The first-order valence-corrected chi connectivity index (χ1v) is 4.48. The van der Waals surface area contributed by atoms with Gasteiger partial charge in [0.1, 0.15) is 0 Å². The van der Waals surface area contributed by atoms with Gasteiger partial charge in [0.25, 0.3) is 0 Å². The minimum Gasteiger partial charge on any atom is -0.394 e. The minimum atomic E-state index is -0.242. The molecule has 1 rings (SSSR count). The molecule has 0 saturated carbocycles. The summed E-state index contributed by atoms with van der Waals surface area (Å²) in [6.45, 7) is 1.41. The Balaban J connectivity index is 2.59. The van der Waals surface area contributed by atoms with Crippen molar-refractivity contribution in [1.82, 2.24) is 5.32 Å². The van der Waals surface area contributed by atoms with Crippen LogP contribution < -0.4 is 5.32 Å². The van der Waals surface area contributed by atoms with Gasteiger partial charge in [-0.2, -0.15) is 0 Å². The highest BCUT2D eigenvalue weighted by molar-refractivity contribution is 5.73. The monoisotopic (exact) mass is 181 g/mol. The van der Waals surface area contributed by atoms with Crippen molar-refractivity contribution in [3.63, 3.8) is 0 Å². The predicted octanol–water partition coefficient (Wildman–Crippen LogP) is 0.760. The quantitative estimate of drug-likeness (QED) is 0.675. The van der Waals surface area contributed by atoms with Crippen molar-refractivity contribution in [3.8, 4) is 0 Å². The molecule has 0 aromatic rings. The molecule has 3 nitrogen and oxygen atoms in total. The normalized spacial score (nSPS) is 17.8. The Morgan fingerprint density at radius 3 is 2.92 bits per heavy atom. The third-order valence-electron chi connectivity index (χ3n) is 1.99. The topological polar surface area (TPSA) is 49.3 Å². The fraction of sp³-hybridized carbons (Fsp3) is 0.500. The van der Waals surface area contributed by atoms with Gasteiger partial charge in [0.2, 0.25) is 5.91 Å². The molecule has 0 bridgehead atoms. The second-order valence-corrected chi connectivity index (χ2v) is 3.12. The summed E-state index contributed by atoms with van der Waals surface area (Å²) in [6.07, 6.45) is 8.10. The molecule has 1 atom stereocenters. The van der Waals surface area contributed by atoms with Crippen LogP contribution in [0.2, 0.25) is 0 Å². The van der Waals surface area contributed by atoms with E-state index < -0.39 is 0 Å². The van der Waals surface area contributed by atoms with Gasteiger partial charge in [-0.05, 0) is 18.4 Å². The Hall–Kier alpha value is -1.09. The van der Waals surface area contributed by atoms with Crippen molar-refractivity contribution in [2.75, 3.05) is 6.61 Å². The largest absolute Gasteiger partial charge is 0.394 e. The molecule has 0 aromatic heterocycles. The van der Waals surface area contributed by atoms with E-state index in [0.717, 1.165) is 18.4 Å². The van der Waals surface area contributed by atoms with Gasteiger partial charge in [-0.15, -0.1) is 0 Å². The van der Waals surface area contributed by atoms with Gasteiger partial charge in [0.15, 0.2) is 0 Å². The standard InChI is InChI=1S/C10H15NO2/c1-8(13)11-10(7-12)9-5-3-2-4-6-9/h3,5-6,10,12H,2,4,7H2,1H3,(H,11,13). The summed E-state index contributed by atoms with van der Waals surface area (Å²) >= 11 is 0. The van der Waals surface area contributed by atoms with Crippen LogP contribution in [0.25, 0.3) is 0 Å². The van der Waals surface area contributed by atoms with Crippen LogP contribution in [0.3, 0.4) is 0 Å². The minimum absolute atomic E-state index is 0.0459. The first-order valence-electron chi connectivity index (χ1n) is 4.48. The summed E-state index contributed by atoms with van der Waals surface area (Å²) in [7, 11) is 0. The van der Waals surface area contributed by atoms with Crippen LogP contribution in [0, 0.1) is 0 Å². The fourth-order valence-corrected chi connectivity index (χ4v) is 1.37. The molecule has 0 spiro atoms. The van der Waals surface area contributed by atoms with E-state index in [9.17, 15) is 4.79 Å². The maximum Gasteiger partial charge on any atom is 0.217 e. The first-order chi connectivity index (χ1) is 6.24. The maximum atomic E-state index is 10.8. The molecule has 1 unspecified atom stereocenters. The second-order valence-electron chi connectivity index (χ2n) is 3.12. The van der Waals surface area contributed by atoms with Crippen molar-refractivity contribution in [1.29, 1.82) is 0 Å². The number of rotatable bonds is 3. The molecule has 0 radical (unpaired) electrons. The molecule has 72 valence electrons. The summed E-state index contributed by atoms with van der Waals surface area (Å²) in [5, 5.41) is 11.7. The summed E-state index contributed by atoms with van der Waals surface area (Å²) in [4.78, 5) is 10.8.